The third-order valence-electron chi connectivity index (χ3n) is 6.11. The first-order valence-corrected chi connectivity index (χ1v) is 10.5. The van der Waals surface area contributed by atoms with Crippen LogP contribution in [0.2, 0.25) is 0 Å². The molecule has 2 amide bonds. The average molecular weight is 421 g/mol. The van der Waals surface area contributed by atoms with Gasteiger partial charge in [0.2, 0.25) is 5.91 Å². The van der Waals surface area contributed by atoms with E-state index in [-0.39, 0.29) is 18.4 Å². The zero-order valence-corrected chi connectivity index (χ0v) is 17.5. The second kappa shape index (κ2) is 8.51. The molecule has 2 fully saturated rings. The maximum Gasteiger partial charge on any atom is 0.256 e. The van der Waals surface area contributed by atoms with E-state index in [0.717, 1.165) is 11.1 Å². The summed E-state index contributed by atoms with van der Waals surface area (Å²) < 4.78 is 5.93. The van der Waals surface area contributed by atoms with E-state index in [9.17, 15) is 19.5 Å². The number of carboxylic acids is 1. The summed E-state index contributed by atoms with van der Waals surface area (Å²) in [5, 5.41) is 11.8. The van der Waals surface area contributed by atoms with Gasteiger partial charge in [0, 0.05) is 31.5 Å². The zero-order chi connectivity index (χ0) is 22.0. The number of carbonyl (C=O) groups excluding carboxylic acids is 3. The first kappa shape index (κ1) is 21.1. The van der Waals surface area contributed by atoms with Gasteiger partial charge in [0.1, 0.15) is 5.72 Å². The quantitative estimate of drug-likeness (QED) is 0.739. The molecule has 0 bridgehead atoms. The Balaban J connectivity index is 1.51. The van der Waals surface area contributed by atoms with Crippen molar-refractivity contribution in [3.63, 3.8) is 0 Å². The number of rotatable bonds is 4. The van der Waals surface area contributed by atoms with E-state index in [4.69, 9.17) is 4.74 Å². The van der Waals surface area contributed by atoms with Gasteiger partial charge in [-0.2, -0.15) is 0 Å². The van der Waals surface area contributed by atoms with Gasteiger partial charge < -0.3 is 19.5 Å². The number of benzene rings is 2. The number of likely N-dealkylation sites (tertiary alicyclic amines) is 1. The summed E-state index contributed by atoms with van der Waals surface area (Å²) in [5.74, 6) is -1.72. The molecule has 2 aliphatic heterocycles. The monoisotopic (exact) mass is 421 g/mol. The SMILES string of the molecule is Cc1cccc(C(=O)N2[C@@H](C(=O)[O-])COC23CCN(C(=O)Cc2ccccc2)CC3)c1. The molecule has 0 N–H and O–H groups in total. The summed E-state index contributed by atoms with van der Waals surface area (Å²) in [6.07, 6.45) is 1.02. The molecule has 0 saturated carbocycles. The van der Waals surface area contributed by atoms with Gasteiger partial charge in [-0.3, -0.25) is 14.5 Å². The lowest BCUT2D eigenvalue weighted by Gasteiger charge is -2.45. The number of amides is 2. The van der Waals surface area contributed by atoms with Gasteiger partial charge in [0.15, 0.2) is 0 Å². The Labute approximate surface area is 181 Å². The fourth-order valence-electron chi connectivity index (χ4n) is 4.45. The number of hydrogen-bond acceptors (Lipinski definition) is 5. The van der Waals surface area contributed by atoms with E-state index >= 15 is 0 Å². The number of nitrogens with zero attached hydrogens (tertiary/aromatic N) is 2. The van der Waals surface area contributed by atoms with Gasteiger partial charge in [0.05, 0.1) is 25.0 Å². The highest BCUT2D eigenvalue weighted by atomic mass is 16.5. The van der Waals surface area contributed by atoms with E-state index in [1.165, 1.54) is 4.90 Å². The van der Waals surface area contributed by atoms with Gasteiger partial charge in [0.25, 0.3) is 5.91 Å². The van der Waals surface area contributed by atoms with Crippen molar-refractivity contribution in [2.24, 2.45) is 0 Å². The van der Waals surface area contributed by atoms with Gasteiger partial charge in [-0.1, -0.05) is 48.0 Å². The average Bonchev–Trinajstić information content (AvgIpc) is 3.13. The topological polar surface area (TPSA) is 90.0 Å². The predicted octanol–water partition coefficient (Wildman–Crippen LogP) is 1.15. The van der Waals surface area contributed by atoms with E-state index in [1.807, 2.05) is 43.3 Å². The number of carbonyl (C=O) groups is 3. The van der Waals surface area contributed by atoms with Gasteiger partial charge >= 0.3 is 0 Å². The van der Waals surface area contributed by atoms with Crippen LogP contribution < -0.4 is 5.11 Å². The minimum absolute atomic E-state index is 0.00654. The number of hydrogen-bond donors (Lipinski definition) is 0. The second-order valence-electron chi connectivity index (χ2n) is 8.18. The van der Waals surface area contributed by atoms with Crippen molar-refractivity contribution in [2.75, 3.05) is 19.7 Å². The number of carboxylic acid groups (broad SMARTS) is 1. The van der Waals surface area contributed by atoms with Crippen molar-refractivity contribution < 1.29 is 24.2 Å². The minimum atomic E-state index is -1.33. The Kier molecular flexibility index (Phi) is 5.78. The highest BCUT2D eigenvalue weighted by Crippen LogP contribution is 2.38. The van der Waals surface area contributed by atoms with Gasteiger partial charge in [-0.15, -0.1) is 0 Å². The summed E-state index contributed by atoms with van der Waals surface area (Å²) in [7, 11) is 0. The number of aryl methyl sites for hydroxylation is 1. The molecule has 1 atom stereocenters. The predicted molar refractivity (Wildman–Crippen MR) is 111 cm³/mol. The molecule has 1 spiro atoms. The zero-order valence-electron chi connectivity index (χ0n) is 17.5. The first-order chi connectivity index (χ1) is 14.9. The molecule has 2 aromatic rings. The van der Waals surface area contributed by atoms with Crippen molar-refractivity contribution >= 4 is 17.8 Å². The maximum absolute atomic E-state index is 13.3. The van der Waals surface area contributed by atoms with Crippen LogP contribution in [0, 0.1) is 6.92 Å². The largest absolute Gasteiger partial charge is 0.548 e. The molecule has 7 nitrogen and oxygen atoms in total. The highest BCUT2D eigenvalue weighted by molar-refractivity contribution is 5.97. The Morgan fingerprint density at radius 1 is 1.06 bits per heavy atom. The van der Waals surface area contributed by atoms with Crippen LogP contribution in [0.4, 0.5) is 0 Å². The van der Waals surface area contributed by atoms with Crippen LogP contribution in [-0.2, 0) is 20.7 Å². The molecule has 0 aromatic heterocycles. The molecule has 2 heterocycles. The summed E-state index contributed by atoms with van der Waals surface area (Å²) in [6, 6.07) is 15.4. The molecule has 2 aromatic carbocycles. The smallest absolute Gasteiger partial charge is 0.256 e. The molecule has 0 radical (unpaired) electrons. The van der Waals surface area contributed by atoms with Crippen LogP contribution in [0.15, 0.2) is 54.6 Å². The first-order valence-electron chi connectivity index (χ1n) is 10.5. The van der Waals surface area contributed by atoms with Crippen molar-refractivity contribution in [2.45, 2.75) is 38.0 Å². The van der Waals surface area contributed by atoms with Crippen molar-refractivity contribution in [1.82, 2.24) is 9.80 Å². The number of aliphatic carboxylic acids is 1. The Morgan fingerprint density at radius 3 is 2.42 bits per heavy atom. The van der Waals surface area contributed by atoms with E-state index in [1.54, 1.807) is 23.1 Å². The summed E-state index contributed by atoms with van der Waals surface area (Å²) in [4.78, 5) is 40.9. The molecule has 4 rings (SSSR count). The number of piperidine rings is 1. The fraction of sp³-hybridized carbons (Fsp3) is 0.375. The van der Waals surface area contributed by atoms with Crippen molar-refractivity contribution in [3.05, 3.63) is 71.3 Å². The van der Waals surface area contributed by atoms with Crippen LogP contribution in [0.1, 0.15) is 34.3 Å². The number of ether oxygens (including phenoxy) is 1. The lowest BCUT2D eigenvalue weighted by Crippen LogP contribution is -2.60. The third-order valence-corrected chi connectivity index (χ3v) is 6.11. The van der Waals surface area contributed by atoms with E-state index < -0.39 is 17.7 Å². The minimum Gasteiger partial charge on any atom is -0.548 e. The van der Waals surface area contributed by atoms with Crippen LogP contribution in [0.25, 0.3) is 0 Å². The van der Waals surface area contributed by atoms with E-state index in [2.05, 4.69) is 0 Å². The van der Waals surface area contributed by atoms with Crippen molar-refractivity contribution in [3.8, 4) is 0 Å². The molecule has 0 aliphatic carbocycles. The summed E-state index contributed by atoms with van der Waals surface area (Å²) in [5.41, 5.74) is 1.22. The van der Waals surface area contributed by atoms with Crippen LogP contribution >= 0.6 is 0 Å². The fourth-order valence-corrected chi connectivity index (χ4v) is 4.45. The van der Waals surface area contributed by atoms with Crippen LogP contribution in [-0.4, -0.2) is 59.0 Å². The lowest BCUT2D eigenvalue weighted by atomic mass is 9.96. The van der Waals surface area contributed by atoms with Crippen LogP contribution in [0.3, 0.4) is 0 Å². The Morgan fingerprint density at radius 2 is 1.77 bits per heavy atom. The lowest BCUT2D eigenvalue weighted by molar-refractivity contribution is -0.310. The molecule has 162 valence electrons. The Hall–Kier alpha value is -3.19. The molecule has 7 heteroatoms. The standard InChI is InChI=1S/C24H26N2O5/c1-17-6-5-9-19(14-17)22(28)26-20(23(29)30)16-31-24(26)10-12-25(13-11-24)21(27)15-18-7-3-2-4-8-18/h2-9,14,20H,10-13,15-16H2,1H3,(H,29,30)/p-1/t20-/m1/s1. The van der Waals surface area contributed by atoms with Crippen molar-refractivity contribution in [1.29, 1.82) is 0 Å². The molecular formula is C24H25N2O5-. The Bertz CT molecular complexity index is 982. The molecule has 31 heavy (non-hydrogen) atoms. The summed E-state index contributed by atoms with van der Waals surface area (Å²) in [6.45, 7) is 2.55. The second-order valence-corrected chi connectivity index (χ2v) is 8.18. The molecular weight excluding hydrogens is 396 g/mol. The molecule has 0 unspecified atom stereocenters. The maximum atomic E-state index is 13.3. The molecule has 2 aliphatic rings. The third kappa shape index (κ3) is 4.18. The van der Waals surface area contributed by atoms with Gasteiger partial charge in [-0.25, -0.2) is 0 Å². The highest BCUT2D eigenvalue weighted by Gasteiger charge is 2.52. The summed E-state index contributed by atoms with van der Waals surface area (Å²) >= 11 is 0. The molecule has 2 saturated heterocycles. The van der Waals surface area contributed by atoms with E-state index in [0.29, 0.717) is 37.9 Å². The van der Waals surface area contributed by atoms with Gasteiger partial charge in [-0.05, 0) is 24.6 Å². The van der Waals surface area contributed by atoms with Crippen LogP contribution in [0.5, 0.6) is 0 Å². The normalized spacial score (nSPS) is 20.1.